The molecule has 2 N–H and O–H groups in total. The first-order valence-corrected chi connectivity index (χ1v) is 7.43. The summed E-state index contributed by atoms with van der Waals surface area (Å²) in [4.78, 5) is 11.6. The van der Waals surface area contributed by atoms with Crippen molar-refractivity contribution >= 4 is 29.1 Å². The van der Waals surface area contributed by atoms with Gasteiger partial charge in [-0.3, -0.25) is 4.79 Å². The van der Waals surface area contributed by atoms with Gasteiger partial charge in [-0.1, -0.05) is 23.2 Å². The summed E-state index contributed by atoms with van der Waals surface area (Å²) in [5, 5.41) is 6.84. The molecular formula is C14H20Cl2N2O3. The SMILES string of the molecule is COCCNCCNC(=O)CCOc1ccc(Cl)c(Cl)c1. The molecular weight excluding hydrogens is 315 g/mol. The van der Waals surface area contributed by atoms with Crippen LogP contribution in [0.15, 0.2) is 18.2 Å². The van der Waals surface area contributed by atoms with Gasteiger partial charge in [0.05, 0.1) is 29.7 Å². The van der Waals surface area contributed by atoms with Gasteiger partial charge in [-0.25, -0.2) is 0 Å². The lowest BCUT2D eigenvalue weighted by Crippen LogP contribution is -2.33. The second-order valence-corrected chi connectivity index (χ2v) is 5.08. The summed E-state index contributed by atoms with van der Waals surface area (Å²) in [6.45, 7) is 3.01. The summed E-state index contributed by atoms with van der Waals surface area (Å²) < 4.78 is 10.3. The summed E-state index contributed by atoms with van der Waals surface area (Å²) in [5.74, 6) is 0.544. The minimum absolute atomic E-state index is 0.0522. The lowest BCUT2D eigenvalue weighted by atomic mass is 10.3. The molecule has 0 atom stereocenters. The molecule has 1 aromatic rings. The Hall–Kier alpha value is -1.01. The van der Waals surface area contributed by atoms with Crippen molar-refractivity contribution in [1.82, 2.24) is 10.6 Å². The van der Waals surface area contributed by atoms with E-state index < -0.39 is 0 Å². The van der Waals surface area contributed by atoms with Gasteiger partial charge in [-0.15, -0.1) is 0 Å². The molecule has 0 bridgehead atoms. The summed E-state index contributed by atoms with van der Waals surface area (Å²) in [6, 6.07) is 5.00. The topological polar surface area (TPSA) is 59.6 Å². The van der Waals surface area contributed by atoms with E-state index in [0.29, 0.717) is 42.1 Å². The van der Waals surface area contributed by atoms with Crippen LogP contribution in [-0.2, 0) is 9.53 Å². The summed E-state index contributed by atoms with van der Waals surface area (Å²) in [5.41, 5.74) is 0. The Bertz CT molecular complexity index is 444. The fourth-order valence-corrected chi connectivity index (χ4v) is 1.79. The number of benzene rings is 1. The van der Waals surface area contributed by atoms with Crippen LogP contribution in [0.3, 0.4) is 0 Å². The number of halogens is 2. The number of carbonyl (C=O) groups excluding carboxylic acids is 1. The third-order valence-corrected chi connectivity index (χ3v) is 3.33. The van der Waals surface area contributed by atoms with Crippen molar-refractivity contribution in [1.29, 1.82) is 0 Å². The molecule has 0 heterocycles. The van der Waals surface area contributed by atoms with Gasteiger partial charge in [0.15, 0.2) is 0 Å². The highest BCUT2D eigenvalue weighted by molar-refractivity contribution is 6.42. The normalized spacial score (nSPS) is 10.4. The maximum absolute atomic E-state index is 11.6. The molecule has 21 heavy (non-hydrogen) atoms. The number of amides is 1. The molecule has 1 amide bonds. The third kappa shape index (κ3) is 8.12. The van der Waals surface area contributed by atoms with E-state index in [-0.39, 0.29) is 12.3 Å². The van der Waals surface area contributed by atoms with Gasteiger partial charge in [0, 0.05) is 32.8 Å². The molecule has 0 aliphatic heterocycles. The van der Waals surface area contributed by atoms with Gasteiger partial charge in [0.25, 0.3) is 0 Å². The molecule has 0 aromatic heterocycles. The number of hydrogen-bond donors (Lipinski definition) is 2. The van der Waals surface area contributed by atoms with Gasteiger partial charge >= 0.3 is 0 Å². The number of nitrogens with one attached hydrogen (secondary N) is 2. The Morgan fingerprint density at radius 1 is 1.14 bits per heavy atom. The third-order valence-electron chi connectivity index (χ3n) is 2.60. The molecule has 118 valence electrons. The van der Waals surface area contributed by atoms with Gasteiger partial charge in [-0.2, -0.15) is 0 Å². The molecule has 0 aliphatic carbocycles. The summed E-state index contributed by atoms with van der Waals surface area (Å²) in [7, 11) is 1.65. The zero-order valence-corrected chi connectivity index (χ0v) is 13.5. The zero-order valence-electron chi connectivity index (χ0n) is 12.0. The van der Waals surface area contributed by atoms with Crippen molar-refractivity contribution in [2.24, 2.45) is 0 Å². The lowest BCUT2D eigenvalue weighted by molar-refractivity contribution is -0.121. The Morgan fingerprint density at radius 2 is 1.95 bits per heavy atom. The van der Waals surface area contributed by atoms with Crippen LogP contribution in [0.25, 0.3) is 0 Å². The predicted octanol–water partition coefficient (Wildman–Crippen LogP) is 2.11. The van der Waals surface area contributed by atoms with Crippen LogP contribution >= 0.6 is 23.2 Å². The van der Waals surface area contributed by atoms with Crippen molar-refractivity contribution in [3.8, 4) is 5.75 Å². The molecule has 7 heteroatoms. The molecule has 0 radical (unpaired) electrons. The monoisotopic (exact) mass is 334 g/mol. The highest BCUT2D eigenvalue weighted by Crippen LogP contribution is 2.26. The van der Waals surface area contributed by atoms with Crippen molar-refractivity contribution in [3.63, 3.8) is 0 Å². The number of rotatable bonds is 10. The van der Waals surface area contributed by atoms with Crippen LogP contribution in [0.2, 0.25) is 10.0 Å². The lowest BCUT2D eigenvalue weighted by Gasteiger charge is -2.08. The molecule has 5 nitrogen and oxygen atoms in total. The van der Waals surface area contributed by atoms with Gasteiger partial charge in [0.2, 0.25) is 5.91 Å². The average Bonchev–Trinajstić information content (AvgIpc) is 2.46. The smallest absolute Gasteiger partial charge is 0.223 e. The Morgan fingerprint density at radius 3 is 2.67 bits per heavy atom. The van der Waals surface area contributed by atoms with Crippen LogP contribution in [0.1, 0.15) is 6.42 Å². The van der Waals surface area contributed by atoms with Gasteiger partial charge in [-0.05, 0) is 12.1 Å². The van der Waals surface area contributed by atoms with E-state index in [0.717, 1.165) is 6.54 Å². The first-order valence-electron chi connectivity index (χ1n) is 6.67. The van der Waals surface area contributed by atoms with E-state index in [1.807, 2.05) is 0 Å². The Balaban J connectivity index is 2.09. The van der Waals surface area contributed by atoms with Crippen LogP contribution in [0.5, 0.6) is 5.75 Å². The van der Waals surface area contributed by atoms with Crippen LogP contribution in [0, 0.1) is 0 Å². The molecule has 0 unspecified atom stereocenters. The number of carbonyl (C=O) groups is 1. The molecule has 0 saturated carbocycles. The van der Waals surface area contributed by atoms with Crippen molar-refractivity contribution in [2.75, 3.05) is 40.0 Å². The largest absolute Gasteiger partial charge is 0.493 e. The highest BCUT2D eigenvalue weighted by Gasteiger charge is 2.03. The van der Waals surface area contributed by atoms with Crippen LogP contribution in [-0.4, -0.2) is 45.9 Å². The highest BCUT2D eigenvalue weighted by atomic mass is 35.5. The standard InChI is InChI=1S/C14H20Cl2N2O3/c1-20-9-7-17-5-6-18-14(19)4-8-21-11-2-3-12(15)13(16)10-11/h2-3,10,17H,4-9H2,1H3,(H,18,19). The number of ether oxygens (including phenoxy) is 2. The Kier molecular flexibility index (Phi) is 9.17. The molecule has 0 spiro atoms. The molecule has 1 rings (SSSR count). The minimum atomic E-state index is -0.0522. The van der Waals surface area contributed by atoms with E-state index in [1.54, 1.807) is 25.3 Å². The van der Waals surface area contributed by atoms with Crippen LogP contribution < -0.4 is 15.4 Å². The molecule has 0 saturated heterocycles. The van der Waals surface area contributed by atoms with E-state index >= 15 is 0 Å². The average molecular weight is 335 g/mol. The quantitative estimate of drug-likeness (QED) is 0.643. The molecule has 1 aromatic carbocycles. The fourth-order valence-electron chi connectivity index (χ4n) is 1.51. The molecule has 0 fully saturated rings. The number of methoxy groups -OCH3 is 1. The summed E-state index contributed by atoms with van der Waals surface area (Å²) in [6.07, 6.45) is 0.290. The minimum Gasteiger partial charge on any atom is -0.493 e. The first-order chi connectivity index (χ1) is 10.1. The van der Waals surface area contributed by atoms with E-state index in [4.69, 9.17) is 32.7 Å². The number of hydrogen-bond acceptors (Lipinski definition) is 4. The zero-order chi connectivity index (χ0) is 15.5. The van der Waals surface area contributed by atoms with Crippen LogP contribution in [0.4, 0.5) is 0 Å². The second-order valence-electron chi connectivity index (χ2n) is 4.27. The Labute approximate surface area is 134 Å². The van der Waals surface area contributed by atoms with Gasteiger partial charge < -0.3 is 20.1 Å². The maximum atomic E-state index is 11.6. The second kappa shape index (κ2) is 10.7. The van der Waals surface area contributed by atoms with Crippen molar-refractivity contribution in [3.05, 3.63) is 28.2 Å². The predicted molar refractivity (Wildman–Crippen MR) is 84.3 cm³/mol. The molecule has 0 aliphatic rings. The van der Waals surface area contributed by atoms with E-state index in [1.165, 1.54) is 0 Å². The van der Waals surface area contributed by atoms with E-state index in [2.05, 4.69) is 10.6 Å². The summed E-state index contributed by atoms with van der Waals surface area (Å²) >= 11 is 11.7. The van der Waals surface area contributed by atoms with Gasteiger partial charge in [0.1, 0.15) is 5.75 Å². The first kappa shape index (κ1) is 18.0. The van der Waals surface area contributed by atoms with Crippen molar-refractivity contribution in [2.45, 2.75) is 6.42 Å². The maximum Gasteiger partial charge on any atom is 0.223 e. The van der Waals surface area contributed by atoms with Crippen molar-refractivity contribution < 1.29 is 14.3 Å². The van der Waals surface area contributed by atoms with E-state index in [9.17, 15) is 4.79 Å². The fraction of sp³-hybridized carbons (Fsp3) is 0.500.